The van der Waals surface area contributed by atoms with Gasteiger partial charge in [0.15, 0.2) is 18.0 Å². The summed E-state index contributed by atoms with van der Waals surface area (Å²) in [7, 11) is 3.32. The molecule has 1 amide bonds. The van der Waals surface area contributed by atoms with E-state index in [0.717, 1.165) is 63.7 Å². The predicted octanol–water partition coefficient (Wildman–Crippen LogP) is -1.72. The second-order valence-corrected chi connectivity index (χ2v) is 7.48. The molecule has 150 valence electrons. The zero-order chi connectivity index (χ0) is 19.1. The van der Waals surface area contributed by atoms with E-state index in [1.165, 1.54) is 10.5 Å². The summed E-state index contributed by atoms with van der Waals surface area (Å²) in [4.78, 5) is 15.1. The summed E-state index contributed by atoms with van der Waals surface area (Å²) >= 11 is 0. The van der Waals surface area contributed by atoms with Crippen molar-refractivity contribution in [2.75, 3.05) is 60.1 Å². The van der Waals surface area contributed by atoms with Crippen LogP contribution in [0.3, 0.4) is 0 Å². The fourth-order valence-electron chi connectivity index (χ4n) is 3.91. The van der Waals surface area contributed by atoms with E-state index < -0.39 is 0 Å². The summed E-state index contributed by atoms with van der Waals surface area (Å²) in [5.74, 6) is 1.69. The molecule has 3 N–H and O–H groups in total. The molecular formula is C20H33N3O4+2. The van der Waals surface area contributed by atoms with E-state index in [0.29, 0.717) is 13.1 Å². The number of quaternary nitrogens is 2. The van der Waals surface area contributed by atoms with Gasteiger partial charge in [-0.3, -0.25) is 4.79 Å². The summed E-state index contributed by atoms with van der Waals surface area (Å²) in [5.41, 5.74) is 1.25. The maximum absolute atomic E-state index is 12.2. The average molecular weight is 380 g/mol. The predicted molar refractivity (Wildman–Crippen MR) is 101 cm³/mol. The Hall–Kier alpha value is -1.83. The van der Waals surface area contributed by atoms with Gasteiger partial charge in [-0.1, -0.05) is 0 Å². The van der Waals surface area contributed by atoms with E-state index >= 15 is 0 Å². The van der Waals surface area contributed by atoms with E-state index in [1.807, 2.05) is 6.07 Å². The lowest BCUT2D eigenvalue weighted by molar-refractivity contribution is -1.02. The highest BCUT2D eigenvalue weighted by Crippen LogP contribution is 2.27. The molecule has 1 aromatic carbocycles. The summed E-state index contributed by atoms with van der Waals surface area (Å²) < 4.78 is 16.3. The third-order valence-electron chi connectivity index (χ3n) is 5.53. The number of hydrogen-bond acceptors (Lipinski definition) is 4. The first-order valence-corrected chi connectivity index (χ1v) is 9.94. The number of ether oxygens (including phenoxy) is 3. The molecule has 2 saturated heterocycles. The van der Waals surface area contributed by atoms with Crippen LogP contribution in [-0.2, 0) is 16.1 Å². The first kappa shape index (κ1) is 19.9. The minimum atomic E-state index is 0.142. The Morgan fingerprint density at radius 1 is 1.15 bits per heavy atom. The second-order valence-electron chi connectivity index (χ2n) is 7.48. The number of methoxy groups -OCH3 is 2. The van der Waals surface area contributed by atoms with Crippen LogP contribution in [0.2, 0.25) is 0 Å². The van der Waals surface area contributed by atoms with Gasteiger partial charge in [0.2, 0.25) is 0 Å². The van der Waals surface area contributed by atoms with Gasteiger partial charge < -0.3 is 29.3 Å². The smallest absolute Gasteiger partial charge is 0.275 e. The molecule has 0 bridgehead atoms. The van der Waals surface area contributed by atoms with Crippen molar-refractivity contribution in [3.8, 4) is 11.5 Å². The van der Waals surface area contributed by atoms with E-state index in [2.05, 4.69) is 17.4 Å². The van der Waals surface area contributed by atoms with Gasteiger partial charge in [-0.25, -0.2) is 0 Å². The third-order valence-corrected chi connectivity index (χ3v) is 5.53. The summed E-state index contributed by atoms with van der Waals surface area (Å²) in [6, 6.07) is 6.13. The van der Waals surface area contributed by atoms with Crippen molar-refractivity contribution in [2.24, 2.45) is 0 Å². The summed E-state index contributed by atoms with van der Waals surface area (Å²) in [5, 5.41) is 3.03. The molecule has 0 spiro atoms. The molecule has 2 fully saturated rings. The quantitative estimate of drug-likeness (QED) is 0.503. The van der Waals surface area contributed by atoms with Crippen LogP contribution in [0.15, 0.2) is 18.2 Å². The van der Waals surface area contributed by atoms with Gasteiger partial charge in [0.1, 0.15) is 32.7 Å². The van der Waals surface area contributed by atoms with Crippen LogP contribution < -0.4 is 24.6 Å². The molecule has 27 heavy (non-hydrogen) atoms. The number of amides is 1. The molecule has 7 nitrogen and oxygen atoms in total. The van der Waals surface area contributed by atoms with Crippen molar-refractivity contribution in [2.45, 2.75) is 25.5 Å². The van der Waals surface area contributed by atoms with Crippen LogP contribution in [0, 0.1) is 0 Å². The van der Waals surface area contributed by atoms with Crippen LogP contribution in [0.25, 0.3) is 0 Å². The molecule has 2 heterocycles. The lowest BCUT2D eigenvalue weighted by Crippen LogP contribution is -3.28. The molecule has 2 aliphatic rings. The minimum absolute atomic E-state index is 0.142. The van der Waals surface area contributed by atoms with Gasteiger partial charge >= 0.3 is 0 Å². The van der Waals surface area contributed by atoms with Crippen molar-refractivity contribution < 1.29 is 28.8 Å². The van der Waals surface area contributed by atoms with Crippen molar-refractivity contribution in [1.82, 2.24) is 5.32 Å². The molecule has 7 heteroatoms. The van der Waals surface area contributed by atoms with Crippen molar-refractivity contribution in [3.05, 3.63) is 23.8 Å². The third kappa shape index (κ3) is 5.82. The summed E-state index contributed by atoms with van der Waals surface area (Å²) in [6.45, 7) is 7.21. The maximum atomic E-state index is 12.2. The number of hydrogen-bond donors (Lipinski definition) is 3. The van der Waals surface area contributed by atoms with E-state index in [-0.39, 0.29) is 12.0 Å². The monoisotopic (exact) mass is 379 g/mol. The molecule has 3 rings (SSSR count). The highest BCUT2D eigenvalue weighted by molar-refractivity contribution is 5.76. The number of piperazine rings is 1. The van der Waals surface area contributed by atoms with Crippen LogP contribution in [0.5, 0.6) is 11.5 Å². The Bertz CT molecular complexity index is 611. The van der Waals surface area contributed by atoms with E-state index in [1.54, 1.807) is 19.1 Å². The minimum Gasteiger partial charge on any atom is -0.493 e. The fourth-order valence-corrected chi connectivity index (χ4v) is 3.91. The van der Waals surface area contributed by atoms with Crippen LogP contribution in [0.1, 0.15) is 18.4 Å². The topological polar surface area (TPSA) is 65.7 Å². The van der Waals surface area contributed by atoms with Gasteiger partial charge in [-0.15, -0.1) is 0 Å². The van der Waals surface area contributed by atoms with Gasteiger partial charge in [0.25, 0.3) is 5.91 Å². The number of carbonyl (C=O) groups excluding carboxylic acids is 1. The second kappa shape index (κ2) is 9.92. The summed E-state index contributed by atoms with van der Waals surface area (Å²) in [6.07, 6.45) is 2.38. The fraction of sp³-hybridized carbons (Fsp3) is 0.650. The average Bonchev–Trinajstić information content (AvgIpc) is 3.21. The Labute approximate surface area is 161 Å². The zero-order valence-electron chi connectivity index (χ0n) is 16.5. The van der Waals surface area contributed by atoms with E-state index in [4.69, 9.17) is 14.2 Å². The van der Waals surface area contributed by atoms with Gasteiger partial charge in [0.05, 0.1) is 20.3 Å². The van der Waals surface area contributed by atoms with Gasteiger partial charge in [0, 0.05) is 18.7 Å². The molecule has 1 atom stereocenters. The van der Waals surface area contributed by atoms with Crippen LogP contribution in [0.4, 0.5) is 0 Å². The Balaban J connectivity index is 1.39. The molecule has 0 aliphatic carbocycles. The molecule has 0 saturated carbocycles. The number of nitrogens with one attached hydrogen (secondary N) is 3. The van der Waals surface area contributed by atoms with Crippen LogP contribution >= 0.6 is 0 Å². The normalized spacial score (nSPS) is 25.2. The lowest BCUT2D eigenvalue weighted by atomic mass is 10.1. The number of benzene rings is 1. The molecule has 0 radical (unpaired) electrons. The molecular weight excluding hydrogens is 346 g/mol. The Morgan fingerprint density at radius 2 is 1.89 bits per heavy atom. The zero-order valence-corrected chi connectivity index (χ0v) is 16.5. The van der Waals surface area contributed by atoms with Crippen molar-refractivity contribution >= 4 is 5.91 Å². The maximum Gasteiger partial charge on any atom is 0.275 e. The molecule has 0 aromatic heterocycles. The molecule has 0 unspecified atom stereocenters. The van der Waals surface area contributed by atoms with Crippen molar-refractivity contribution in [3.63, 3.8) is 0 Å². The first-order valence-electron chi connectivity index (χ1n) is 9.94. The molecule has 1 aromatic rings. The Morgan fingerprint density at radius 3 is 2.56 bits per heavy atom. The standard InChI is InChI=1S/C20H31N3O4/c1-25-18-6-5-16(12-19(18)26-2)14-22-7-9-23(10-8-22)15-20(24)21-13-17-4-3-11-27-17/h5-6,12,17H,3-4,7-11,13-15H2,1-2H3,(H,21,24)/p+2/t17-/m1/s1. The first-order chi connectivity index (χ1) is 13.2. The van der Waals surface area contributed by atoms with Crippen LogP contribution in [-0.4, -0.2) is 72.1 Å². The SMILES string of the molecule is COc1ccc(C[NH+]2CC[NH+](CC(=O)NC[C@H]3CCCO3)CC2)cc1OC. The largest absolute Gasteiger partial charge is 0.493 e. The highest BCUT2D eigenvalue weighted by Gasteiger charge is 2.25. The molecule has 2 aliphatic heterocycles. The van der Waals surface area contributed by atoms with Gasteiger partial charge in [-0.2, -0.15) is 0 Å². The Kier molecular flexibility index (Phi) is 7.32. The van der Waals surface area contributed by atoms with Crippen molar-refractivity contribution in [1.29, 1.82) is 0 Å². The highest BCUT2D eigenvalue weighted by atomic mass is 16.5. The van der Waals surface area contributed by atoms with Gasteiger partial charge in [-0.05, 0) is 31.0 Å². The number of carbonyl (C=O) groups is 1. The lowest BCUT2D eigenvalue weighted by Gasteiger charge is -2.29. The number of rotatable bonds is 8. The van der Waals surface area contributed by atoms with E-state index in [9.17, 15) is 4.79 Å².